The minimum atomic E-state index is -0.423. The molecule has 4 aromatic rings. The van der Waals surface area contributed by atoms with Gasteiger partial charge in [-0.1, -0.05) is 32.9 Å². The fraction of sp³-hybridized carbons (Fsp3) is 0.400. The predicted molar refractivity (Wildman–Crippen MR) is 124 cm³/mol. The summed E-state index contributed by atoms with van der Waals surface area (Å²) in [4.78, 5) is 30.6. The van der Waals surface area contributed by atoms with E-state index in [9.17, 15) is 9.59 Å². The average Bonchev–Trinajstić information content (AvgIpc) is 3.13. The van der Waals surface area contributed by atoms with Crippen LogP contribution in [0.2, 0.25) is 0 Å². The van der Waals surface area contributed by atoms with Gasteiger partial charge in [0, 0.05) is 43.6 Å². The first-order valence-corrected chi connectivity index (χ1v) is 11.5. The summed E-state index contributed by atoms with van der Waals surface area (Å²) in [5.74, 6) is 0.800. The molecule has 2 aliphatic rings. The third-order valence-corrected chi connectivity index (χ3v) is 8.37. The Morgan fingerprint density at radius 3 is 2.58 bits per heavy atom. The number of carbonyl (C=O) groups is 1. The number of amides is 1. The fourth-order valence-electron chi connectivity index (χ4n) is 6.36. The van der Waals surface area contributed by atoms with Gasteiger partial charge in [0.25, 0.3) is 0 Å². The summed E-state index contributed by atoms with van der Waals surface area (Å²) in [6.45, 7) is 7.16. The van der Waals surface area contributed by atoms with Crippen LogP contribution in [0, 0.1) is 10.8 Å². The molecular weight excluding hydrogens is 408 g/mol. The molecule has 2 fully saturated rings. The number of rotatable bonds is 1. The topological polar surface area (TPSA) is 72.2 Å². The molecule has 1 N–H and O–H groups in total. The Bertz CT molecular complexity index is 1470. The highest BCUT2D eigenvalue weighted by Crippen LogP contribution is 2.57. The number of aromatic nitrogens is 1. The second-order valence-corrected chi connectivity index (χ2v) is 11.5. The Morgan fingerprint density at radius 1 is 0.968 bits per heavy atom. The van der Waals surface area contributed by atoms with Crippen LogP contribution in [0.1, 0.15) is 45.9 Å². The van der Waals surface area contributed by atoms with E-state index in [0.29, 0.717) is 35.3 Å². The molecule has 3 unspecified atom stereocenters. The van der Waals surface area contributed by atoms with Crippen LogP contribution in [0.25, 0.3) is 31.3 Å². The van der Waals surface area contributed by atoms with Crippen molar-refractivity contribution in [1.82, 2.24) is 10.3 Å². The van der Waals surface area contributed by atoms with Crippen LogP contribution in [0.5, 0.6) is 0 Å². The Hall–Kier alpha value is -2.73. The molecule has 1 amide bonds. The summed E-state index contributed by atoms with van der Waals surface area (Å²) in [7, 11) is 0. The van der Waals surface area contributed by atoms with Gasteiger partial charge in [0.15, 0.2) is 11.0 Å². The molecule has 2 bridgehead atoms. The number of benzene rings is 2. The Morgan fingerprint density at radius 2 is 1.74 bits per heavy atom. The standard InChI is InChI=1S/C25H24N2O3S/c1-23-10-24(2,21(29)26-13-23)12-25(3,11-23)22-27-16-8-15-19(9-17(16)30-22)31-18-7-5-4-6-14(18)20(15)28/h4-9H,10-13H2,1-3H3,(H,26,29). The summed E-state index contributed by atoms with van der Waals surface area (Å²) < 4.78 is 8.20. The van der Waals surface area contributed by atoms with Gasteiger partial charge in [-0.25, -0.2) is 4.98 Å². The maximum atomic E-state index is 13.1. The number of hydrogen-bond acceptors (Lipinski definition) is 5. The first-order chi connectivity index (χ1) is 14.7. The van der Waals surface area contributed by atoms with E-state index < -0.39 is 5.41 Å². The van der Waals surface area contributed by atoms with E-state index in [0.717, 1.165) is 27.6 Å². The number of hydrogen-bond donors (Lipinski definition) is 1. The molecule has 158 valence electrons. The lowest BCUT2D eigenvalue weighted by Crippen LogP contribution is -2.59. The van der Waals surface area contributed by atoms with Gasteiger partial charge in [-0.15, -0.1) is 11.3 Å². The molecule has 6 heteroatoms. The van der Waals surface area contributed by atoms with Gasteiger partial charge in [-0.2, -0.15) is 0 Å². The lowest BCUT2D eigenvalue weighted by Gasteiger charge is -2.54. The zero-order chi connectivity index (χ0) is 21.6. The summed E-state index contributed by atoms with van der Waals surface area (Å²) in [6, 6.07) is 11.5. The quantitative estimate of drug-likeness (QED) is 0.423. The summed E-state index contributed by atoms with van der Waals surface area (Å²) in [5.41, 5.74) is 0.699. The molecule has 3 heterocycles. The van der Waals surface area contributed by atoms with E-state index in [4.69, 9.17) is 9.40 Å². The van der Waals surface area contributed by atoms with E-state index in [1.165, 1.54) is 0 Å². The average molecular weight is 433 g/mol. The molecule has 2 aromatic carbocycles. The molecule has 1 saturated heterocycles. The first-order valence-electron chi connectivity index (χ1n) is 10.7. The van der Waals surface area contributed by atoms with Crippen LogP contribution < -0.4 is 10.7 Å². The SMILES string of the molecule is CC12CNC(=O)C(C)(C1)CC(C)(c1nc3cc4c(=O)c5ccccc5sc4cc3o1)C2. The van der Waals surface area contributed by atoms with E-state index in [2.05, 4.69) is 26.1 Å². The molecule has 0 radical (unpaired) electrons. The normalized spacial score (nSPS) is 30.7. The van der Waals surface area contributed by atoms with Gasteiger partial charge in [0.05, 0.1) is 0 Å². The number of carbonyl (C=O) groups excluding carboxylic acids is 1. The third-order valence-electron chi connectivity index (χ3n) is 7.24. The molecule has 31 heavy (non-hydrogen) atoms. The number of piperidine rings is 1. The van der Waals surface area contributed by atoms with Crippen LogP contribution in [0.15, 0.2) is 45.6 Å². The van der Waals surface area contributed by atoms with E-state index >= 15 is 0 Å². The molecule has 5 nitrogen and oxygen atoms in total. The van der Waals surface area contributed by atoms with Crippen molar-refractivity contribution in [2.45, 2.75) is 45.4 Å². The number of nitrogens with zero attached hydrogens (tertiary/aromatic N) is 1. The molecule has 1 saturated carbocycles. The van der Waals surface area contributed by atoms with Crippen molar-refractivity contribution in [3.05, 3.63) is 52.5 Å². The van der Waals surface area contributed by atoms with Gasteiger partial charge in [0.1, 0.15) is 5.52 Å². The van der Waals surface area contributed by atoms with Gasteiger partial charge in [-0.05, 0) is 42.9 Å². The van der Waals surface area contributed by atoms with Gasteiger partial charge in [-0.3, -0.25) is 9.59 Å². The highest BCUT2D eigenvalue weighted by Gasteiger charge is 2.57. The summed E-state index contributed by atoms with van der Waals surface area (Å²) in [6.07, 6.45) is 2.49. The highest BCUT2D eigenvalue weighted by atomic mass is 32.1. The molecule has 1 aliphatic carbocycles. The Labute approximate surface area is 183 Å². The molecule has 2 aromatic heterocycles. The fourth-order valence-corrected chi connectivity index (χ4v) is 7.44. The van der Waals surface area contributed by atoms with Crippen molar-refractivity contribution in [3.8, 4) is 0 Å². The van der Waals surface area contributed by atoms with Crippen molar-refractivity contribution >= 4 is 48.5 Å². The van der Waals surface area contributed by atoms with Gasteiger partial charge in [0.2, 0.25) is 11.8 Å². The van der Waals surface area contributed by atoms with Gasteiger partial charge >= 0.3 is 0 Å². The zero-order valence-electron chi connectivity index (χ0n) is 17.9. The van der Waals surface area contributed by atoms with Crippen molar-refractivity contribution in [2.24, 2.45) is 10.8 Å². The maximum Gasteiger partial charge on any atom is 0.226 e. The zero-order valence-corrected chi connectivity index (χ0v) is 18.7. The Kier molecular flexibility index (Phi) is 3.64. The van der Waals surface area contributed by atoms with E-state index in [1.807, 2.05) is 36.4 Å². The van der Waals surface area contributed by atoms with Crippen molar-refractivity contribution in [3.63, 3.8) is 0 Å². The molecule has 6 rings (SSSR count). The molecular formula is C25H24N2O3S. The predicted octanol–water partition coefficient (Wildman–Crippen LogP) is 5.14. The van der Waals surface area contributed by atoms with Crippen molar-refractivity contribution < 1.29 is 9.21 Å². The second-order valence-electron chi connectivity index (χ2n) is 10.4. The monoisotopic (exact) mass is 432 g/mol. The second kappa shape index (κ2) is 5.94. The minimum absolute atomic E-state index is 0.0169. The van der Waals surface area contributed by atoms with Crippen molar-refractivity contribution in [2.75, 3.05) is 6.54 Å². The highest BCUT2D eigenvalue weighted by molar-refractivity contribution is 7.24. The largest absolute Gasteiger partial charge is 0.440 e. The number of oxazole rings is 1. The van der Waals surface area contributed by atoms with E-state index in [-0.39, 0.29) is 22.2 Å². The third kappa shape index (κ3) is 2.70. The van der Waals surface area contributed by atoms with Crippen LogP contribution >= 0.6 is 11.3 Å². The van der Waals surface area contributed by atoms with Crippen molar-refractivity contribution in [1.29, 1.82) is 0 Å². The number of nitrogens with one attached hydrogen (secondary N) is 1. The smallest absolute Gasteiger partial charge is 0.226 e. The first kappa shape index (κ1) is 19.0. The maximum absolute atomic E-state index is 13.1. The molecule has 0 spiro atoms. The van der Waals surface area contributed by atoms with E-state index in [1.54, 1.807) is 11.3 Å². The number of fused-ring (bicyclic) bond motifs is 5. The van der Waals surface area contributed by atoms with Gasteiger partial charge < -0.3 is 9.73 Å². The van der Waals surface area contributed by atoms with Crippen LogP contribution in [-0.4, -0.2) is 17.4 Å². The lowest BCUT2D eigenvalue weighted by molar-refractivity contribution is -0.143. The summed E-state index contributed by atoms with van der Waals surface area (Å²) in [5, 5.41) is 4.52. The Balaban J connectivity index is 1.53. The summed E-state index contributed by atoms with van der Waals surface area (Å²) >= 11 is 1.60. The van der Waals surface area contributed by atoms with Crippen LogP contribution in [-0.2, 0) is 10.2 Å². The van der Waals surface area contributed by atoms with Crippen LogP contribution in [0.4, 0.5) is 0 Å². The molecule has 1 aliphatic heterocycles. The lowest BCUT2D eigenvalue weighted by atomic mass is 9.52. The minimum Gasteiger partial charge on any atom is -0.440 e. The molecule has 3 atom stereocenters. The van der Waals surface area contributed by atoms with Crippen LogP contribution in [0.3, 0.4) is 0 Å².